The number of aromatic nitrogens is 1. The van der Waals surface area contributed by atoms with E-state index in [2.05, 4.69) is 4.98 Å². The molecule has 0 saturated carbocycles. The van der Waals surface area contributed by atoms with Crippen LogP contribution in [0.25, 0.3) is 10.9 Å². The zero-order chi connectivity index (χ0) is 14.1. The van der Waals surface area contributed by atoms with Gasteiger partial charge in [-0.15, -0.1) is 0 Å². The summed E-state index contributed by atoms with van der Waals surface area (Å²) in [5.41, 5.74) is 0.341. The highest BCUT2D eigenvalue weighted by atomic mass is 19.4. The van der Waals surface area contributed by atoms with E-state index in [0.29, 0.717) is 5.56 Å². The minimum absolute atomic E-state index is 0.0817. The number of aliphatic hydroxyl groups is 1. The molecule has 19 heavy (non-hydrogen) atoms. The second kappa shape index (κ2) is 4.89. The lowest BCUT2D eigenvalue weighted by Gasteiger charge is -2.24. The third kappa shape index (κ3) is 3.50. The lowest BCUT2D eigenvalue weighted by atomic mass is 9.90. The molecule has 0 amide bonds. The number of hydrogen-bond acceptors (Lipinski definition) is 1. The van der Waals surface area contributed by atoms with E-state index in [-0.39, 0.29) is 12.8 Å². The Bertz CT molecular complexity index is 557. The van der Waals surface area contributed by atoms with Gasteiger partial charge in [-0.1, -0.05) is 6.07 Å². The van der Waals surface area contributed by atoms with Crippen molar-refractivity contribution in [3.63, 3.8) is 0 Å². The molecule has 2 rings (SSSR count). The molecule has 0 spiro atoms. The molecular formula is C14H16F3NO. The van der Waals surface area contributed by atoms with Crippen molar-refractivity contribution in [3.8, 4) is 0 Å². The van der Waals surface area contributed by atoms with E-state index >= 15 is 0 Å². The molecule has 0 aliphatic carbocycles. The first-order chi connectivity index (χ1) is 8.78. The predicted octanol–water partition coefficient (Wildman–Crippen LogP) is 4.11. The molecule has 2 N–H and O–H groups in total. The van der Waals surface area contributed by atoms with Crippen molar-refractivity contribution in [1.82, 2.24) is 4.98 Å². The highest BCUT2D eigenvalue weighted by Gasteiger charge is 2.29. The third-order valence-corrected chi connectivity index (χ3v) is 3.30. The Morgan fingerprint density at radius 3 is 2.58 bits per heavy atom. The van der Waals surface area contributed by atoms with Crippen LogP contribution in [0.1, 0.15) is 31.7 Å². The van der Waals surface area contributed by atoms with Gasteiger partial charge in [0.2, 0.25) is 0 Å². The monoisotopic (exact) mass is 271 g/mol. The van der Waals surface area contributed by atoms with Gasteiger partial charge in [0.15, 0.2) is 0 Å². The molecule has 1 aromatic carbocycles. The standard InChI is InChI=1S/C14H16F3NO/c1-13(19,6-2-7-14(15,16)17)11-3-4-12-10(9-11)5-8-18-12/h3-5,8-9,18-19H,2,6-7H2,1H3. The molecule has 0 saturated heterocycles. The van der Waals surface area contributed by atoms with Crippen molar-refractivity contribution in [3.05, 3.63) is 36.0 Å². The highest BCUT2D eigenvalue weighted by molar-refractivity contribution is 5.80. The Hall–Kier alpha value is -1.49. The summed E-state index contributed by atoms with van der Waals surface area (Å²) < 4.78 is 36.3. The summed E-state index contributed by atoms with van der Waals surface area (Å²) in [5, 5.41) is 11.2. The molecule has 0 radical (unpaired) electrons. The van der Waals surface area contributed by atoms with Crippen LogP contribution in [0.15, 0.2) is 30.5 Å². The van der Waals surface area contributed by atoms with Gasteiger partial charge in [-0.2, -0.15) is 13.2 Å². The summed E-state index contributed by atoms with van der Waals surface area (Å²) in [6.45, 7) is 1.55. The van der Waals surface area contributed by atoms with Crippen LogP contribution in [-0.4, -0.2) is 16.3 Å². The maximum absolute atomic E-state index is 12.1. The fourth-order valence-corrected chi connectivity index (χ4v) is 2.17. The van der Waals surface area contributed by atoms with Gasteiger partial charge in [-0.25, -0.2) is 0 Å². The lowest BCUT2D eigenvalue weighted by Crippen LogP contribution is -2.22. The summed E-state index contributed by atoms with van der Waals surface area (Å²) in [7, 11) is 0. The Kier molecular flexibility index (Phi) is 3.58. The van der Waals surface area contributed by atoms with Gasteiger partial charge in [0.25, 0.3) is 0 Å². The van der Waals surface area contributed by atoms with Gasteiger partial charge in [-0.05, 0) is 48.9 Å². The van der Waals surface area contributed by atoms with Gasteiger partial charge in [0.05, 0.1) is 5.60 Å². The van der Waals surface area contributed by atoms with Crippen LogP contribution >= 0.6 is 0 Å². The molecule has 1 aromatic heterocycles. The molecule has 0 aliphatic rings. The van der Waals surface area contributed by atoms with Gasteiger partial charge < -0.3 is 10.1 Å². The Balaban J connectivity index is 2.09. The second-order valence-corrected chi connectivity index (χ2v) is 5.02. The quantitative estimate of drug-likeness (QED) is 0.862. The largest absolute Gasteiger partial charge is 0.389 e. The molecular weight excluding hydrogens is 255 g/mol. The van der Waals surface area contributed by atoms with Crippen LogP contribution < -0.4 is 0 Å². The first-order valence-electron chi connectivity index (χ1n) is 6.15. The molecule has 104 valence electrons. The molecule has 0 aliphatic heterocycles. The normalized spacial score (nSPS) is 15.6. The Labute approximate surface area is 109 Å². The maximum atomic E-state index is 12.1. The molecule has 0 bridgehead atoms. The van der Waals surface area contributed by atoms with Crippen molar-refractivity contribution < 1.29 is 18.3 Å². The molecule has 1 atom stereocenters. The van der Waals surface area contributed by atoms with Gasteiger partial charge in [0, 0.05) is 18.1 Å². The van der Waals surface area contributed by atoms with E-state index in [0.717, 1.165) is 10.9 Å². The number of halogens is 3. The lowest BCUT2D eigenvalue weighted by molar-refractivity contribution is -0.137. The average molecular weight is 271 g/mol. The summed E-state index contributed by atoms with van der Waals surface area (Å²) in [6.07, 6.45) is -3.24. The van der Waals surface area contributed by atoms with Gasteiger partial charge >= 0.3 is 6.18 Å². The molecule has 2 nitrogen and oxygen atoms in total. The minimum Gasteiger partial charge on any atom is -0.385 e. The van der Waals surface area contributed by atoms with Gasteiger partial charge in [0.1, 0.15) is 0 Å². The van der Waals surface area contributed by atoms with Crippen molar-refractivity contribution in [2.24, 2.45) is 0 Å². The third-order valence-electron chi connectivity index (χ3n) is 3.30. The number of fused-ring (bicyclic) bond motifs is 1. The van der Waals surface area contributed by atoms with Crippen LogP contribution in [0.5, 0.6) is 0 Å². The van der Waals surface area contributed by atoms with E-state index in [9.17, 15) is 18.3 Å². The van der Waals surface area contributed by atoms with E-state index in [1.165, 1.54) is 0 Å². The summed E-state index contributed by atoms with van der Waals surface area (Å²) in [6, 6.07) is 7.24. The molecule has 5 heteroatoms. The first kappa shape index (κ1) is 13.9. The zero-order valence-corrected chi connectivity index (χ0v) is 10.6. The topological polar surface area (TPSA) is 36.0 Å². The Morgan fingerprint density at radius 1 is 1.16 bits per heavy atom. The van der Waals surface area contributed by atoms with Crippen molar-refractivity contribution in [1.29, 1.82) is 0 Å². The summed E-state index contributed by atoms with van der Waals surface area (Å²) >= 11 is 0. The van der Waals surface area contributed by atoms with Crippen molar-refractivity contribution in [2.45, 2.75) is 38.0 Å². The molecule has 0 fully saturated rings. The fraction of sp³-hybridized carbons (Fsp3) is 0.429. The van der Waals surface area contributed by atoms with E-state index < -0.39 is 18.2 Å². The van der Waals surface area contributed by atoms with Crippen molar-refractivity contribution in [2.75, 3.05) is 0 Å². The molecule has 1 heterocycles. The number of aromatic amines is 1. The number of nitrogens with one attached hydrogen (secondary N) is 1. The number of rotatable bonds is 4. The maximum Gasteiger partial charge on any atom is 0.389 e. The smallest absolute Gasteiger partial charge is 0.385 e. The number of alkyl halides is 3. The van der Waals surface area contributed by atoms with E-state index in [4.69, 9.17) is 0 Å². The number of hydrogen-bond donors (Lipinski definition) is 2. The second-order valence-electron chi connectivity index (χ2n) is 5.02. The fourth-order valence-electron chi connectivity index (χ4n) is 2.17. The van der Waals surface area contributed by atoms with Crippen LogP contribution in [0.4, 0.5) is 13.2 Å². The zero-order valence-electron chi connectivity index (χ0n) is 10.6. The van der Waals surface area contributed by atoms with Gasteiger partial charge in [-0.3, -0.25) is 0 Å². The minimum atomic E-state index is -4.17. The molecule has 1 unspecified atom stereocenters. The summed E-state index contributed by atoms with van der Waals surface area (Å²) in [5.74, 6) is 0. The molecule has 2 aromatic rings. The Morgan fingerprint density at radius 2 is 1.89 bits per heavy atom. The van der Waals surface area contributed by atoms with Crippen LogP contribution in [0, 0.1) is 0 Å². The number of benzene rings is 1. The van der Waals surface area contributed by atoms with E-state index in [1.54, 1.807) is 25.3 Å². The van der Waals surface area contributed by atoms with Crippen LogP contribution in [0.3, 0.4) is 0 Å². The van der Waals surface area contributed by atoms with Crippen LogP contribution in [0.2, 0.25) is 0 Å². The van der Waals surface area contributed by atoms with E-state index in [1.807, 2.05) is 12.1 Å². The predicted molar refractivity (Wildman–Crippen MR) is 67.8 cm³/mol. The first-order valence-corrected chi connectivity index (χ1v) is 6.15. The highest BCUT2D eigenvalue weighted by Crippen LogP contribution is 2.31. The van der Waals surface area contributed by atoms with Crippen LogP contribution in [-0.2, 0) is 5.60 Å². The summed E-state index contributed by atoms with van der Waals surface area (Å²) in [4.78, 5) is 3.03. The average Bonchev–Trinajstić information content (AvgIpc) is 2.73. The van der Waals surface area contributed by atoms with Crippen molar-refractivity contribution >= 4 is 10.9 Å². The number of H-pyrrole nitrogens is 1. The SMILES string of the molecule is CC(O)(CCCC(F)(F)F)c1ccc2[nH]ccc2c1.